The smallest absolute Gasteiger partial charge is 0.246 e. The Balaban J connectivity index is 2.99. The van der Waals surface area contributed by atoms with E-state index in [1.54, 1.807) is 4.90 Å². The molecule has 4 heteroatoms. The van der Waals surface area contributed by atoms with Crippen LogP contribution in [0.4, 0.5) is 0 Å². The van der Waals surface area contributed by atoms with Crippen molar-refractivity contribution in [1.82, 2.24) is 10.2 Å². The molecule has 110 valence electrons. The molecular weight excluding hydrogens is 240 g/mol. The summed E-state index contributed by atoms with van der Waals surface area (Å²) in [5.41, 5.74) is -0.261. The van der Waals surface area contributed by atoms with Crippen molar-refractivity contribution in [1.29, 1.82) is 0 Å². The maximum absolute atomic E-state index is 12.7. The van der Waals surface area contributed by atoms with E-state index in [0.29, 0.717) is 5.92 Å². The predicted molar refractivity (Wildman–Crippen MR) is 76.6 cm³/mol. The van der Waals surface area contributed by atoms with Crippen LogP contribution in [-0.2, 0) is 9.59 Å². The molecule has 3 unspecified atom stereocenters. The third-order valence-electron chi connectivity index (χ3n) is 3.74. The summed E-state index contributed by atoms with van der Waals surface area (Å²) in [6, 6.07) is -0.705. The minimum Gasteiger partial charge on any atom is -0.342 e. The standard InChI is InChI=1S/C15H28N2O2/c1-9(2)8-10(3)17-11(4)13(18)16-12(14(17)19)15(5,6)7/h9-12H,8H2,1-7H3,(H,16,18). The fourth-order valence-corrected chi connectivity index (χ4v) is 2.77. The fourth-order valence-electron chi connectivity index (χ4n) is 2.77. The maximum atomic E-state index is 12.7. The number of nitrogens with zero attached hydrogens (tertiary/aromatic N) is 1. The Kier molecular flexibility index (Phi) is 4.64. The van der Waals surface area contributed by atoms with Gasteiger partial charge in [0.1, 0.15) is 12.1 Å². The minimum atomic E-state index is -0.425. The average Bonchev–Trinajstić information content (AvgIpc) is 2.20. The van der Waals surface area contributed by atoms with Crippen molar-refractivity contribution < 1.29 is 9.59 Å². The molecule has 0 bridgehead atoms. The lowest BCUT2D eigenvalue weighted by Crippen LogP contribution is -2.67. The van der Waals surface area contributed by atoms with Gasteiger partial charge in [0.25, 0.3) is 0 Å². The van der Waals surface area contributed by atoms with E-state index in [-0.39, 0.29) is 29.3 Å². The van der Waals surface area contributed by atoms with Crippen molar-refractivity contribution in [2.24, 2.45) is 11.3 Å². The monoisotopic (exact) mass is 268 g/mol. The highest BCUT2D eigenvalue weighted by Gasteiger charge is 2.44. The first-order valence-corrected chi connectivity index (χ1v) is 7.18. The number of carbonyl (C=O) groups excluding carboxylic acids is 2. The summed E-state index contributed by atoms with van der Waals surface area (Å²) in [5, 5.41) is 2.86. The van der Waals surface area contributed by atoms with Crippen LogP contribution >= 0.6 is 0 Å². The molecule has 1 rings (SSSR count). The zero-order valence-electron chi connectivity index (χ0n) is 13.3. The first-order valence-electron chi connectivity index (χ1n) is 7.18. The van der Waals surface area contributed by atoms with Crippen molar-refractivity contribution in [3.05, 3.63) is 0 Å². The van der Waals surface area contributed by atoms with Gasteiger partial charge in [0, 0.05) is 6.04 Å². The van der Waals surface area contributed by atoms with Crippen LogP contribution in [0.3, 0.4) is 0 Å². The number of amides is 2. The van der Waals surface area contributed by atoms with E-state index < -0.39 is 6.04 Å². The Morgan fingerprint density at radius 3 is 2.16 bits per heavy atom. The molecule has 19 heavy (non-hydrogen) atoms. The van der Waals surface area contributed by atoms with E-state index in [1.165, 1.54) is 0 Å². The lowest BCUT2D eigenvalue weighted by molar-refractivity contribution is -0.154. The molecular formula is C15H28N2O2. The van der Waals surface area contributed by atoms with Crippen molar-refractivity contribution in [3.63, 3.8) is 0 Å². The highest BCUT2D eigenvalue weighted by Crippen LogP contribution is 2.27. The molecule has 1 saturated heterocycles. The normalized spacial score (nSPS) is 26.6. The molecule has 2 amide bonds. The second kappa shape index (κ2) is 5.51. The van der Waals surface area contributed by atoms with Crippen molar-refractivity contribution in [3.8, 4) is 0 Å². The van der Waals surface area contributed by atoms with Crippen LogP contribution < -0.4 is 5.32 Å². The van der Waals surface area contributed by atoms with Gasteiger partial charge in [-0.3, -0.25) is 9.59 Å². The van der Waals surface area contributed by atoms with Crippen LogP contribution in [-0.4, -0.2) is 34.8 Å². The van der Waals surface area contributed by atoms with E-state index in [9.17, 15) is 9.59 Å². The Morgan fingerprint density at radius 1 is 1.21 bits per heavy atom. The fraction of sp³-hybridized carbons (Fsp3) is 0.867. The summed E-state index contributed by atoms with van der Waals surface area (Å²) in [5.74, 6) is 0.510. The summed E-state index contributed by atoms with van der Waals surface area (Å²) in [7, 11) is 0. The number of hydrogen-bond acceptors (Lipinski definition) is 2. The summed E-state index contributed by atoms with van der Waals surface area (Å²) in [6.07, 6.45) is 0.917. The SMILES string of the molecule is CC(C)CC(C)N1C(=O)C(C(C)(C)C)NC(=O)C1C. The molecule has 1 aliphatic heterocycles. The average molecular weight is 268 g/mol. The summed E-state index contributed by atoms with van der Waals surface area (Å²) in [6.45, 7) is 14.1. The van der Waals surface area contributed by atoms with Gasteiger partial charge >= 0.3 is 0 Å². The topological polar surface area (TPSA) is 49.4 Å². The summed E-state index contributed by atoms with van der Waals surface area (Å²) in [4.78, 5) is 26.5. The van der Waals surface area contributed by atoms with E-state index in [0.717, 1.165) is 6.42 Å². The van der Waals surface area contributed by atoms with Gasteiger partial charge in [0.15, 0.2) is 0 Å². The second-order valence-corrected chi connectivity index (χ2v) is 7.21. The van der Waals surface area contributed by atoms with Gasteiger partial charge in [-0.15, -0.1) is 0 Å². The Hall–Kier alpha value is -1.06. The largest absolute Gasteiger partial charge is 0.342 e. The molecule has 0 aliphatic carbocycles. The molecule has 0 aromatic heterocycles. The van der Waals surface area contributed by atoms with Gasteiger partial charge in [0.05, 0.1) is 0 Å². The van der Waals surface area contributed by atoms with Gasteiger partial charge in [-0.25, -0.2) is 0 Å². The third-order valence-corrected chi connectivity index (χ3v) is 3.74. The Labute approximate surface area is 116 Å². The first-order chi connectivity index (χ1) is 8.55. The van der Waals surface area contributed by atoms with Crippen LogP contribution in [0.1, 0.15) is 54.9 Å². The quantitative estimate of drug-likeness (QED) is 0.853. The lowest BCUT2D eigenvalue weighted by atomic mass is 9.83. The molecule has 0 radical (unpaired) electrons. The van der Waals surface area contributed by atoms with Crippen LogP contribution in [0.5, 0.6) is 0 Å². The zero-order chi connectivity index (χ0) is 15.0. The molecule has 3 atom stereocenters. The first kappa shape index (κ1) is 16.0. The van der Waals surface area contributed by atoms with Crippen LogP contribution in [0.2, 0.25) is 0 Å². The molecule has 1 N–H and O–H groups in total. The number of hydrogen-bond donors (Lipinski definition) is 1. The highest BCUT2D eigenvalue weighted by molar-refractivity contribution is 5.97. The van der Waals surface area contributed by atoms with E-state index in [4.69, 9.17) is 0 Å². The number of carbonyl (C=O) groups is 2. The number of piperazine rings is 1. The van der Waals surface area contributed by atoms with Gasteiger partial charge < -0.3 is 10.2 Å². The Bertz CT molecular complexity index is 358. The predicted octanol–water partition coefficient (Wildman–Crippen LogP) is 2.18. The van der Waals surface area contributed by atoms with Crippen LogP contribution in [0.25, 0.3) is 0 Å². The van der Waals surface area contributed by atoms with Crippen molar-refractivity contribution in [2.75, 3.05) is 0 Å². The molecule has 0 aromatic carbocycles. The minimum absolute atomic E-state index is 0.0462. The van der Waals surface area contributed by atoms with Gasteiger partial charge in [0.2, 0.25) is 11.8 Å². The third kappa shape index (κ3) is 3.48. The van der Waals surface area contributed by atoms with Gasteiger partial charge in [-0.2, -0.15) is 0 Å². The maximum Gasteiger partial charge on any atom is 0.246 e. The molecule has 1 fully saturated rings. The van der Waals surface area contributed by atoms with E-state index >= 15 is 0 Å². The molecule has 1 aliphatic rings. The second-order valence-electron chi connectivity index (χ2n) is 7.21. The molecule has 1 heterocycles. The highest BCUT2D eigenvalue weighted by atomic mass is 16.2. The van der Waals surface area contributed by atoms with E-state index in [2.05, 4.69) is 19.2 Å². The molecule has 4 nitrogen and oxygen atoms in total. The zero-order valence-corrected chi connectivity index (χ0v) is 13.3. The summed E-state index contributed by atoms with van der Waals surface area (Å²) < 4.78 is 0. The number of rotatable bonds is 3. The van der Waals surface area contributed by atoms with Gasteiger partial charge in [-0.1, -0.05) is 34.6 Å². The lowest BCUT2D eigenvalue weighted by Gasteiger charge is -2.45. The molecule has 0 aromatic rings. The van der Waals surface area contributed by atoms with Crippen molar-refractivity contribution in [2.45, 2.75) is 73.0 Å². The molecule has 0 spiro atoms. The molecule has 0 saturated carbocycles. The van der Waals surface area contributed by atoms with E-state index in [1.807, 2.05) is 34.6 Å². The summed E-state index contributed by atoms with van der Waals surface area (Å²) >= 11 is 0. The Morgan fingerprint density at radius 2 is 1.74 bits per heavy atom. The van der Waals surface area contributed by atoms with Crippen LogP contribution in [0, 0.1) is 11.3 Å². The van der Waals surface area contributed by atoms with Crippen LogP contribution in [0.15, 0.2) is 0 Å². The van der Waals surface area contributed by atoms with Crippen molar-refractivity contribution >= 4 is 11.8 Å². The van der Waals surface area contributed by atoms with Gasteiger partial charge in [-0.05, 0) is 31.6 Å². The number of nitrogens with one attached hydrogen (secondary N) is 1.